The minimum atomic E-state index is 0.0464. The summed E-state index contributed by atoms with van der Waals surface area (Å²) in [6.45, 7) is 16.9. The predicted molar refractivity (Wildman–Crippen MR) is 173 cm³/mol. The van der Waals surface area contributed by atoms with Gasteiger partial charge >= 0.3 is 0 Å². The molecule has 0 radical (unpaired) electrons. The van der Waals surface area contributed by atoms with E-state index in [1.807, 2.05) is 12.2 Å². The highest BCUT2D eigenvalue weighted by Gasteiger charge is 2.27. The molecule has 0 saturated carbocycles. The van der Waals surface area contributed by atoms with Crippen LogP contribution in [0, 0.1) is 10.8 Å². The van der Waals surface area contributed by atoms with Crippen LogP contribution in [0.1, 0.15) is 81.1 Å². The van der Waals surface area contributed by atoms with Crippen molar-refractivity contribution in [2.75, 3.05) is 0 Å². The van der Waals surface area contributed by atoms with Crippen LogP contribution in [-0.2, 0) is 9.59 Å². The lowest BCUT2D eigenvalue weighted by molar-refractivity contribution is -0.117. The van der Waals surface area contributed by atoms with Crippen molar-refractivity contribution < 1.29 is 9.59 Å². The van der Waals surface area contributed by atoms with E-state index in [-0.39, 0.29) is 22.4 Å². The first kappa shape index (κ1) is 32.7. The van der Waals surface area contributed by atoms with E-state index in [1.165, 1.54) is 0 Å². The molecule has 0 bridgehead atoms. The van der Waals surface area contributed by atoms with Gasteiger partial charge in [-0.15, -0.1) is 0 Å². The zero-order valence-corrected chi connectivity index (χ0v) is 25.9. The van der Waals surface area contributed by atoms with Gasteiger partial charge in [0.25, 0.3) is 0 Å². The number of carbonyl (C=O) groups is 2. The molecule has 0 aliphatic heterocycles. The molecule has 0 aromatic heterocycles. The number of ketones is 2. The molecule has 0 spiro atoms. The summed E-state index contributed by atoms with van der Waals surface area (Å²) in [5.74, 6) is 0.444. The maximum absolute atomic E-state index is 11.9. The van der Waals surface area contributed by atoms with Crippen molar-refractivity contribution in [1.82, 2.24) is 0 Å². The number of hydrogen-bond donors (Lipinski definition) is 0. The molecule has 40 heavy (non-hydrogen) atoms. The molecule has 2 heteroatoms. The molecular formula is C38H48O2. The first-order valence-corrected chi connectivity index (χ1v) is 14.3. The summed E-state index contributed by atoms with van der Waals surface area (Å²) >= 11 is 0. The van der Waals surface area contributed by atoms with E-state index in [4.69, 9.17) is 0 Å². The van der Waals surface area contributed by atoms with E-state index < -0.39 is 0 Å². The number of hydrogen-bond acceptors (Lipinski definition) is 2. The maximum atomic E-state index is 11.9. The second kappa shape index (κ2) is 15.3. The average Bonchev–Trinajstić information content (AvgIpc) is 2.82. The summed E-state index contributed by atoms with van der Waals surface area (Å²) in [7, 11) is 0. The van der Waals surface area contributed by atoms with Crippen molar-refractivity contribution in [2.45, 2.75) is 81.1 Å². The Morgan fingerprint density at radius 1 is 0.525 bits per heavy atom. The standard InChI is InChI=1S/C38H48O2/c1-29(15-11-17-31(3)19-21-33-23-35(39)27-37(5,6)25-33)13-9-10-14-30(2)16-12-18-32(4)20-22-34-24-36(40)28-38(7,8)26-34/h9-24H,25-28H2,1-8H3/b10-9+,15-11+,16-12+,21-19+,22-20+,29-13+,30-14+,31-17+,32-18+. The van der Waals surface area contributed by atoms with E-state index in [2.05, 4.69) is 128 Å². The van der Waals surface area contributed by atoms with Crippen LogP contribution in [0.4, 0.5) is 0 Å². The molecule has 0 fully saturated rings. The fraction of sp³-hybridized carbons (Fsp3) is 0.368. The number of rotatable bonds is 10. The highest BCUT2D eigenvalue weighted by molar-refractivity contribution is 5.92. The topological polar surface area (TPSA) is 34.1 Å². The highest BCUT2D eigenvalue weighted by atomic mass is 16.1. The normalized spacial score (nSPS) is 21.5. The zero-order chi connectivity index (χ0) is 29.8. The molecule has 2 aliphatic rings. The van der Waals surface area contributed by atoms with E-state index in [9.17, 15) is 9.59 Å². The third-order valence-electron chi connectivity index (χ3n) is 6.75. The lowest BCUT2D eigenvalue weighted by Crippen LogP contribution is -2.21. The molecule has 0 heterocycles. The Kier molecular flexibility index (Phi) is 12.5. The van der Waals surface area contributed by atoms with Crippen LogP contribution in [0.3, 0.4) is 0 Å². The predicted octanol–water partition coefficient (Wildman–Crippen LogP) is 10.2. The summed E-state index contributed by atoms with van der Waals surface area (Å²) in [6, 6.07) is 0. The second-order valence-electron chi connectivity index (χ2n) is 12.8. The molecular weight excluding hydrogens is 488 g/mol. The average molecular weight is 537 g/mol. The third-order valence-corrected chi connectivity index (χ3v) is 6.75. The summed E-state index contributed by atoms with van der Waals surface area (Å²) in [5, 5.41) is 0. The molecule has 0 amide bonds. The molecule has 2 nitrogen and oxygen atoms in total. The summed E-state index contributed by atoms with van der Waals surface area (Å²) < 4.78 is 0. The molecule has 0 saturated heterocycles. The van der Waals surface area contributed by atoms with Gasteiger partial charge in [-0.3, -0.25) is 9.59 Å². The fourth-order valence-electron chi connectivity index (χ4n) is 4.82. The van der Waals surface area contributed by atoms with Crippen molar-refractivity contribution in [3.05, 3.63) is 131 Å². The molecule has 2 rings (SSSR count). The van der Waals surface area contributed by atoms with Crippen molar-refractivity contribution in [1.29, 1.82) is 0 Å². The fourth-order valence-corrected chi connectivity index (χ4v) is 4.82. The summed E-state index contributed by atoms with van der Waals surface area (Å²) in [4.78, 5) is 23.8. The molecule has 2 aliphatic carbocycles. The third kappa shape index (κ3) is 13.5. The molecule has 212 valence electrons. The lowest BCUT2D eigenvalue weighted by Gasteiger charge is -2.27. The number of allylic oxidation sites excluding steroid dienone is 22. The lowest BCUT2D eigenvalue weighted by atomic mass is 9.77. The van der Waals surface area contributed by atoms with Crippen LogP contribution < -0.4 is 0 Å². The molecule has 0 aromatic carbocycles. The van der Waals surface area contributed by atoms with E-state index in [0.717, 1.165) is 46.3 Å². The molecule has 0 N–H and O–H groups in total. The van der Waals surface area contributed by atoms with Gasteiger partial charge in [0, 0.05) is 12.8 Å². The van der Waals surface area contributed by atoms with Crippen LogP contribution in [0.25, 0.3) is 0 Å². The number of carbonyl (C=O) groups excluding carboxylic acids is 2. The Hall–Kier alpha value is -3.52. The largest absolute Gasteiger partial charge is 0.295 e. The van der Waals surface area contributed by atoms with Gasteiger partial charge < -0.3 is 0 Å². The van der Waals surface area contributed by atoms with Crippen LogP contribution in [0.5, 0.6) is 0 Å². The van der Waals surface area contributed by atoms with Gasteiger partial charge in [0.2, 0.25) is 0 Å². The van der Waals surface area contributed by atoms with Gasteiger partial charge in [-0.05, 0) is 74.7 Å². The second-order valence-corrected chi connectivity index (χ2v) is 12.8. The Morgan fingerprint density at radius 2 is 0.850 bits per heavy atom. The quantitative estimate of drug-likeness (QED) is 0.260. The maximum Gasteiger partial charge on any atom is 0.156 e. The van der Waals surface area contributed by atoms with Crippen molar-refractivity contribution in [2.24, 2.45) is 10.8 Å². The molecule has 0 unspecified atom stereocenters. The zero-order valence-electron chi connectivity index (χ0n) is 25.9. The summed E-state index contributed by atoms with van der Waals surface area (Å²) in [6.07, 6.45) is 35.7. The monoisotopic (exact) mass is 536 g/mol. The van der Waals surface area contributed by atoms with Gasteiger partial charge in [-0.2, -0.15) is 0 Å². The van der Waals surface area contributed by atoms with Crippen LogP contribution in [0.15, 0.2) is 131 Å². The summed E-state index contributed by atoms with van der Waals surface area (Å²) in [5.41, 5.74) is 6.92. The van der Waals surface area contributed by atoms with Crippen molar-refractivity contribution in [3.8, 4) is 0 Å². The van der Waals surface area contributed by atoms with Gasteiger partial charge in [0.05, 0.1) is 0 Å². The van der Waals surface area contributed by atoms with Crippen molar-refractivity contribution in [3.63, 3.8) is 0 Å². The Balaban J connectivity index is 1.84. The van der Waals surface area contributed by atoms with Gasteiger partial charge in [0.15, 0.2) is 11.6 Å². The molecule has 0 atom stereocenters. The van der Waals surface area contributed by atoms with Gasteiger partial charge in [-0.1, -0.05) is 135 Å². The minimum absolute atomic E-state index is 0.0464. The Labute approximate surface area is 243 Å². The Morgan fingerprint density at radius 3 is 1.20 bits per heavy atom. The molecule has 0 aromatic rings. The smallest absolute Gasteiger partial charge is 0.156 e. The first-order chi connectivity index (χ1) is 18.7. The van der Waals surface area contributed by atoms with E-state index in [0.29, 0.717) is 12.8 Å². The SMILES string of the molecule is CC(/C=C/C=C(C)/C=C/C1=CC(=O)CC(C)(C)C1)=C\C=C\C=C(C)\C=C\C=C(C)\C=C\C1=CC(=O)CC(C)(C)C1. The van der Waals surface area contributed by atoms with Crippen LogP contribution in [0.2, 0.25) is 0 Å². The minimum Gasteiger partial charge on any atom is -0.295 e. The van der Waals surface area contributed by atoms with Gasteiger partial charge in [-0.25, -0.2) is 0 Å². The van der Waals surface area contributed by atoms with Crippen LogP contribution in [-0.4, -0.2) is 11.6 Å². The Bertz CT molecular complexity index is 1180. The highest BCUT2D eigenvalue weighted by Crippen LogP contribution is 2.35. The van der Waals surface area contributed by atoms with E-state index in [1.54, 1.807) is 12.2 Å². The van der Waals surface area contributed by atoms with Gasteiger partial charge in [0.1, 0.15) is 0 Å². The van der Waals surface area contributed by atoms with Crippen molar-refractivity contribution >= 4 is 11.6 Å². The van der Waals surface area contributed by atoms with E-state index >= 15 is 0 Å². The van der Waals surface area contributed by atoms with Crippen LogP contribution >= 0.6 is 0 Å². The first-order valence-electron chi connectivity index (χ1n) is 14.3.